The summed E-state index contributed by atoms with van der Waals surface area (Å²) in [6.45, 7) is 21.1. The van der Waals surface area contributed by atoms with Crippen molar-refractivity contribution in [3.8, 4) is 0 Å². The van der Waals surface area contributed by atoms with Crippen LogP contribution in [0.1, 0.15) is 120 Å². The van der Waals surface area contributed by atoms with Crippen LogP contribution in [0.15, 0.2) is 11.6 Å². The molecule has 0 radical (unpaired) electrons. The third-order valence-corrected chi connectivity index (χ3v) is 13.0. The normalized spacial score (nSPS) is 54.6. The summed E-state index contributed by atoms with van der Waals surface area (Å²) in [5.74, 6) is 4.49. The van der Waals surface area contributed by atoms with Crippen LogP contribution >= 0.6 is 0 Å². The summed E-state index contributed by atoms with van der Waals surface area (Å²) in [6, 6.07) is 0. The van der Waals surface area contributed by atoms with Gasteiger partial charge in [0.25, 0.3) is 0 Å². The van der Waals surface area contributed by atoms with Gasteiger partial charge < -0.3 is 0 Å². The smallest absolute Gasteiger partial charge is 0.00566 e. The van der Waals surface area contributed by atoms with Gasteiger partial charge in [-0.1, -0.05) is 73.5 Å². The molecule has 0 bridgehead atoms. The van der Waals surface area contributed by atoms with Gasteiger partial charge in [0, 0.05) is 0 Å². The molecule has 30 heavy (non-hydrogen) atoms. The quantitative estimate of drug-likeness (QED) is 0.378. The Morgan fingerprint density at radius 3 is 2.20 bits per heavy atom. The van der Waals surface area contributed by atoms with E-state index in [-0.39, 0.29) is 0 Å². The van der Waals surface area contributed by atoms with E-state index in [1.54, 1.807) is 0 Å². The zero-order valence-electron chi connectivity index (χ0n) is 21.5. The molecule has 0 heterocycles. The Hall–Kier alpha value is -0.260. The molecular formula is C30H50. The third kappa shape index (κ3) is 2.46. The fourth-order valence-electron chi connectivity index (χ4n) is 11.3. The second-order valence-electron chi connectivity index (χ2n) is 14.6. The van der Waals surface area contributed by atoms with E-state index in [4.69, 9.17) is 0 Å². The van der Waals surface area contributed by atoms with E-state index in [1.165, 1.54) is 64.2 Å². The van der Waals surface area contributed by atoms with Gasteiger partial charge >= 0.3 is 0 Å². The Morgan fingerprint density at radius 1 is 0.767 bits per heavy atom. The van der Waals surface area contributed by atoms with Gasteiger partial charge in [-0.15, -0.1) is 0 Å². The van der Waals surface area contributed by atoms with E-state index < -0.39 is 0 Å². The summed E-state index contributed by atoms with van der Waals surface area (Å²) < 4.78 is 0. The lowest BCUT2D eigenvalue weighted by molar-refractivity contribution is -0.144. The van der Waals surface area contributed by atoms with Crippen LogP contribution in [-0.4, -0.2) is 0 Å². The van der Waals surface area contributed by atoms with E-state index in [1.807, 2.05) is 5.57 Å². The van der Waals surface area contributed by atoms with Gasteiger partial charge in [0.05, 0.1) is 0 Å². The van der Waals surface area contributed by atoms with Crippen LogP contribution in [0.3, 0.4) is 0 Å². The molecule has 5 rings (SSSR count). The lowest BCUT2D eigenvalue weighted by atomic mass is 9.36. The molecule has 5 aliphatic rings. The lowest BCUT2D eigenvalue weighted by Gasteiger charge is -2.69. The summed E-state index contributed by atoms with van der Waals surface area (Å²) in [7, 11) is 0. The van der Waals surface area contributed by atoms with Crippen molar-refractivity contribution in [2.75, 3.05) is 0 Å². The Labute approximate surface area is 188 Å². The van der Waals surface area contributed by atoms with Crippen LogP contribution in [0, 0.1) is 56.7 Å². The van der Waals surface area contributed by atoms with Gasteiger partial charge in [-0.3, -0.25) is 0 Å². The monoisotopic (exact) mass is 410 g/mol. The van der Waals surface area contributed by atoms with Crippen LogP contribution < -0.4 is 0 Å². The standard InChI is InChI=1S/C30H50/c1-20(2)21-10-13-25-28(21,6)18-19-29(7)23-11-12-24-26(3,4)15-9-16-27(24,5)22(23)14-17-30(25,29)8/h11,20-22,24-25H,9-10,12-19H2,1-8H3/t21?,22?,24?,25-,27-,28?,29-,30?/m1/s1. The summed E-state index contributed by atoms with van der Waals surface area (Å²) in [5.41, 5.74) is 4.57. The van der Waals surface area contributed by atoms with Crippen molar-refractivity contribution < 1.29 is 0 Å². The zero-order valence-corrected chi connectivity index (χ0v) is 21.5. The van der Waals surface area contributed by atoms with Gasteiger partial charge in [-0.25, -0.2) is 0 Å². The highest BCUT2D eigenvalue weighted by atomic mass is 14.7. The number of hydrogen-bond acceptors (Lipinski definition) is 0. The van der Waals surface area contributed by atoms with E-state index in [0.717, 1.165) is 29.6 Å². The Bertz CT molecular complexity index is 741. The second kappa shape index (κ2) is 6.41. The average Bonchev–Trinajstić information content (AvgIpc) is 3.01. The van der Waals surface area contributed by atoms with Crippen molar-refractivity contribution >= 4 is 0 Å². The largest absolute Gasteiger partial charge is 0.0841 e. The van der Waals surface area contributed by atoms with Gasteiger partial charge in [-0.05, 0) is 114 Å². The first-order chi connectivity index (χ1) is 13.9. The first-order valence-electron chi connectivity index (χ1n) is 13.6. The molecule has 0 aromatic heterocycles. The molecule has 0 aromatic rings. The van der Waals surface area contributed by atoms with Crippen molar-refractivity contribution in [3.05, 3.63) is 11.6 Å². The molecule has 0 saturated heterocycles. The molecule has 4 fully saturated rings. The van der Waals surface area contributed by atoms with Crippen molar-refractivity contribution in [2.24, 2.45) is 56.7 Å². The summed E-state index contributed by atoms with van der Waals surface area (Å²) in [4.78, 5) is 0. The molecule has 0 aliphatic heterocycles. The molecule has 0 aromatic carbocycles. The Balaban J connectivity index is 1.55. The van der Waals surface area contributed by atoms with Crippen LogP contribution in [-0.2, 0) is 0 Å². The minimum Gasteiger partial charge on any atom is -0.0841 e. The maximum atomic E-state index is 2.83. The minimum absolute atomic E-state index is 0.446. The molecule has 0 spiro atoms. The van der Waals surface area contributed by atoms with Gasteiger partial charge in [0.2, 0.25) is 0 Å². The number of fused-ring (bicyclic) bond motifs is 7. The third-order valence-electron chi connectivity index (χ3n) is 13.0. The van der Waals surface area contributed by atoms with E-state index in [9.17, 15) is 0 Å². The average molecular weight is 411 g/mol. The molecule has 0 N–H and O–H groups in total. The van der Waals surface area contributed by atoms with Crippen LogP contribution in [0.25, 0.3) is 0 Å². The second-order valence-corrected chi connectivity index (χ2v) is 14.6. The molecule has 8 atom stereocenters. The molecule has 170 valence electrons. The Kier molecular flexibility index (Phi) is 4.61. The zero-order chi connectivity index (χ0) is 21.7. The van der Waals surface area contributed by atoms with E-state index in [0.29, 0.717) is 27.1 Å². The number of hydrogen-bond donors (Lipinski definition) is 0. The molecule has 0 heteroatoms. The maximum absolute atomic E-state index is 2.83. The first-order valence-corrected chi connectivity index (χ1v) is 13.6. The van der Waals surface area contributed by atoms with Crippen molar-refractivity contribution in [3.63, 3.8) is 0 Å². The molecule has 0 nitrogen and oxygen atoms in total. The van der Waals surface area contributed by atoms with Gasteiger partial charge in [-0.2, -0.15) is 0 Å². The van der Waals surface area contributed by atoms with E-state index in [2.05, 4.69) is 61.5 Å². The van der Waals surface area contributed by atoms with Crippen molar-refractivity contribution in [1.82, 2.24) is 0 Å². The molecule has 5 unspecified atom stereocenters. The summed E-state index contributed by atoms with van der Waals surface area (Å²) in [6.07, 6.45) is 17.4. The highest BCUT2D eigenvalue weighted by Crippen LogP contribution is 2.76. The fourth-order valence-corrected chi connectivity index (χ4v) is 11.3. The molecule has 5 aliphatic carbocycles. The van der Waals surface area contributed by atoms with Crippen LogP contribution in [0.4, 0.5) is 0 Å². The Morgan fingerprint density at radius 2 is 1.50 bits per heavy atom. The highest BCUT2D eigenvalue weighted by Gasteiger charge is 2.67. The SMILES string of the molecule is CC(C)C1CC[C@@H]2C1(C)CC[C@]1(C)C3=CCC4C(C)(C)CCC[C@]4(C)C3CCC21C. The topological polar surface area (TPSA) is 0 Å². The van der Waals surface area contributed by atoms with E-state index >= 15 is 0 Å². The highest BCUT2D eigenvalue weighted by molar-refractivity contribution is 5.33. The minimum atomic E-state index is 0.446. The first kappa shape index (κ1) is 21.6. The summed E-state index contributed by atoms with van der Waals surface area (Å²) in [5, 5.41) is 0. The molecular weight excluding hydrogens is 360 g/mol. The molecule has 4 saturated carbocycles. The molecule has 0 amide bonds. The van der Waals surface area contributed by atoms with Gasteiger partial charge in [0.1, 0.15) is 0 Å². The van der Waals surface area contributed by atoms with Crippen molar-refractivity contribution in [2.45, 2.75) is 120 Å². The predicted molar refractivity (Wildman–Crippen MR) is 129 cm³/mol. The lowest BCUT2D eigenvalue weighted by Crippen LogP contribution is -2.60. The van der Waals surface area contributed by atoms with Gasteiger partial charge in [0.15, 0.2) is 0 Å². The fraction of sp³-hybridized carbons (Fsp3) is 0.933. The van der Waals surface area contributed by atoms with Crippen LogP contribution in [0.5, 0.6) is 0 Å². The number of allylic oxidation sites excluding steroid dienone is 2. The van der Waals surface area contributed by atoms with Crippen LogP contribution in [0.2, 0.25) is 0 Å². The van der Waals surface area contributed by atoms with Crippen molar-refractivity contribution in [1.29, 1.82) is 0 Å². The maximum Gasteiger partial charge on any atom is -0.00566 e. The number of rotatable bonds is 1. The predicted octanol–water partition coefficient (Wildman–Crippen LogP) is 9.05. The summed E-state index contributed by atoms with van der Waals surface area (Å²) >= 11 is 0.